The van der Waals surface area contributed by atoms with Gasteiger partial charge >= 0.3 is 0 Å². The van der Waals surface area contributed by atoms with E-state index in [-0.39, 0.29) is 0 Å². The van der Waals surface area contributed by atoms with Crippen molar-refractivity contribution < 1.29 is 4.74 Å². The second-order valence-corrected chi connectivity index (χ2v) is 4.55. The average Bonchev–Trinajstić information content (AvgIpc) is 2.56. The van der Waals surface area contributed by atoms with Crippen LogP contribution in [0.5, 0.6) is 0 Å². The number of nitrogens with one attached hydrogen (secondary N) is 1. The maximum Gasteiger partial charge on any atom is 0.0480 e. The third-order valence-corrected chi connectivity index (χ3v) is 3.29. The van der Waals surface area contributed by atoms with Crippen LogP contribution in [0.1, 0.15) is 30.4 Å². The third kappa shape index (κ3) is 3.32. The monoisotopic (exact) mass is 219 g/mol. The SMILES string of the molecule is Cc1ccccc1CNC1CCCOCC1. The van der Waals surface area contributed by atoms with Gasteiger partial charge in [-0.2, -0.15) is 0 Å². The molecule has 0 aromatic heterocycles. The molecule has 0 aliphatic carbocycles. The van der Waals surface area contributed by atoms with Crippen LogP contribution in [0.2, 0.25) is 0 Å². The molecule has 0 radical (unpaired) electrons. The molecule has 0 spiro atoms. The van der Waals surface area contributed by atoms with Crippen LogP contribution < -0.4 is 5.32 Å². The predicted octanol–water partition coefficient (Wildman–Crippen LogP) is 2.65. The van der Waals surface area contributed by atoms with E-state index in [2.05, 4.69) is 36.5 Å². The van der Waals surface area contributed by atoms with Crippen molar-refractivity contribution in [2.24, 2.45) is 0 Å². The van der Waals surface area contributed by atoms with Gasteiger partial charge in [-0.25, -0.2) is 0 Å². The van der Waals surface area contributed by atoms with Crippen molar-refractivity contribution in [3.05, 3.63) is 35.4 Å². The summed E-state index contributed by atoms with van der Waals surface area (Å²) in [4.78, 5) is 0. The number of hydrogen-bond acceptors (Lipinski definition) is 2. The van der Waals surface area contributed by atoms with Crippen LogP contribution >= 0.6 is 0 Å². The summed E-state index contributed by atoms with van der Waals surface area (Å²) in [5.74, 6) is 0. The Balaban J connectivity index is 1.84. The summed E-state index contributed by atoms with van der Waals surface area (Å²) in [5, 5.41) is 3.64. The second kappa shape index (κ2) is 6.02. The fourth-order valence-corrected chi connectivity index (χ4v) is 2.17. The normalized spacial score (nSPS) is 21.7. The molecule has 1 aromatic rings. The minimum Gasteiger partial charge on any atom is -0.381 e. The Morgan fingerprint density at radius 1 is 1.25 bits per heavy atom. The molecule has 1 unspecified atom stereocenters. The van der Waals surface area contributed by atoms with Crippen molar-refractivity contribution in [2.45, 2.75) is 38.8 Å². The third-order valence-electron chi connectivity index (χ3n) is 3.29. The summed E-state index contributed by atoms with van der Waals surface area (Å²) in [5.41, 5.74) is 2.78. The van der Waals surface area contributed by atoms with E-state index in [0.29, 0.717) is 6.04 Å². The van der Waals surface area contributed by atoms with Crippen molar-refractivity contribution in [2.75, 3.05) is 13.2 Å². The molecule has 1 aliphatic rings. The summed E-state index contributed by atoms with van der Waals surface area (Å²) in [6, 6.07) is 9.21. The molecule has 1 N–H and O–H groups in total. The van der Waals surface area contributed by atoms with Crippen LogP contribution in [0.25, 0.3) is 0 Å². The lowest BCUT2D eigenvalue weighted by molar-refractivity contribution is 0.142. The second-order valence-electron chi connectivity index (χ2n) is 4.55. The molecule has 1 saturated heterocycles. The Morgan fingerprint density at radius 2 is 2.12 bits per heavy atom. The van der Waals surface area contributed by atoms with Crippen LogP contribution in [0.4, 0.5) is 0 Å². The first kappa shape index (κ1) is 11.6. The molecule has 0 bridgehead atoms. The number of aryl methyl sites for hydroxylation is 1. The molecule has 1 atom stereocenters. The number of benzene rings is 1. The van der Waals surface area contributed by atoms with E-state index in [4.69, 9.17) is 4.74 Å². The zero-order chi connectivity index (χ0) is 11.2. The molecule has 0 saturated carbocycles. The Kier molecular flexibility index (Phi) is 4.37. The van der Waals surface area contributed by atoms with Crippen LogP contribution in [0.3, 0.4) is 0 Å². The van der Waals surface area contributed by atoms with E-state index in [1.807, 2.05) is 0 Å². The molecule has 2 rings (SSSR count). The molecule has 0 amide bonds. The lowest BCUT2D eigenvalue weighted by Crippen LogP contribution is -2.28. The van der Waals surface area contributed by atoms with Gasteiger partial charge in [-0.3, -0.25) is 0 Å². The largest absolute Gasteiger partial charge is 0.381 e. The lowest BCUT2D eigenvalue weighted by Gasteiger charge is -2.16. The zero-order valence-corrected chi connectivity index (χ0v) is 10.0. The fourth-order valence-electron chi connectivity index (χ4n) is 2.17. The van der Waals surface area contributed by atoms with E-state index >= 15 is 0 Å². The Bertz CT molecular complexity index is 316. The standard InChI is InChI=1S/C14H21NO/c1-12-5-2-3-6-13(12)11-15-14-7-4-9-16-10-8-14/h2-3,5-6,14-15H,4,7-11H2,1H3. The Morgan fingerprint density at radius 3 is 3.00 bits per heavy atom. The lowest BCUT2D eigenvalue weighted by atomic mass is 10.1. The highest BCUT2D eigenvalue weighted by molar-refractivity contribution is 5.25. The molecular weight excluding hydrogens is 198 g/mol. The number of hydrogen-bond donors (Lipinski definition) is 1. The van der Waals surface area contributed by atoms with Gasteiger partial charge in [0.15, 0.2) is 0 Å². The topological polar surface area (TPSA) is 21.3 Å². The van der Waals surface area contributed by atoms with Crippen LogP contribution in [0, 0.1) is 6.92 Å². The van der Waals surface area contributed by atoms with Gasteiger partial charge in [-0.05, 0) is 37.3 Å². The maximum atomic E-state index is 5.46. The van der Waals surface area contributed by atoms with Crippen molar-refractivity contribution in [1.82, 2.24) is 5.32 Å². The molecule has 1 heterocycles. The molecule has 2 heteroatoms. The molecule has 1 aliphatic heterocycles. The predicted molar refractivity (Wildman–Crippen MR) is 66.5 cm³/mol. The summed E-state index contributed by atoms with van der Waals surface area (Å²) in [7, 11) is 0. The van der Waals surface area contributed by atoms with Gasteiger partial charge in [0, 0.05) is 25.8 Å². The molecular formula is C14H21NO. The van der Waals surface area contributed by atoms with Crippen molar-refractivity contribution in [3.63, 3.8) is 0 Å². The summed E-state index contributed by atoms with van der Waals surface area (Å²) in [6.45, 7) is 5.00. The van der Waals surface area contributed by atoms with Crippen LogP contribution in [0.15, 0.2) is 24.3 Å². The van der Waals surface area contributed by atoms with Crippen molar-refractivity contribution in [3.8, 4) is 0 Å². The smallest absolute Gasteiger partial charge is 0.0480 e. The van der Waals surface area contributed by atoms with Crippen LogP contribution in [-0.2, 0) is 11.3 Å². The number of rotatable bonds is 3. The fraction of sp³-hybridized carbons (Fsp3) is 0.571. The molecule has 1 aromatic carbocycles. The minimum atomic E-state index is 0.627. The van der Waals surface area contributed by atoms with Gasteiger partial charge in [-0.15, -0.1) is 0 Å². The summed E-state index contributed by atoms with van der Waals surface area (Å²) >= 11 is 0. The van der Waals surface area contributed by atoms with Gasteiger partial charge in [0.2, 0.25) is 0 Å². The zero-order valence-electron chi connectivity index (χ0n) is 10.0. The molecule has 88 valence electrons. The average molecular weight is 219 g/mol. The quantitative estimate of drug-likeness (QED) is 0.844. The summed E-state index contributed by atoms with van der Waals surface area (Å²) in [6.07, 6.45) is 3.57. The maximum absolute atomic E-state index is 5.46. The number of ether oxygens (including phenoxy) is 1. The first-order valence-electron chi connectivity index (χ1n) is 6.22. The van der Waals surface area contributed by atoms with Crippen molar-refractivity contribution >= 4 is 0 Å². The molecule has 2 nitrogen and oxygen atoms in total. The van der Waals surface area contributed by atoms with E-state index in [9.17, 15) is 0 Å². The van der Waals surface area contributed by atoms with Gasteiger partial charge in [-0.1, -0.05) is 24.3 Å². The summed E-state index contributed by atoms with van der Waals surface area (Å²) < 4.78 is 5.46. The van der Waals surface area contributed by atoms with Crippen LogP contribution in [-0.4, -0.2) is 19.3 Å². The van der Waals surface area contributed by atoms with Gasteiger partial charge in [0.25, 0.3) is 0 Å². The molecule has 1 fully saturated rings. The van der Waals surface area contributed by atoms with E-state index < -0.39 is 0 Å². The Hall–Kier alpha value is -0.860. The van der Waals surface area contributed by atoms with Gasteiger partial charge < -0.3 is 10.1 Å². The van der Waals surface area contributed by atoms with E-state index in [1.165, 1.54) is 24.0 Å². The van der Waals surface area contributed by atoms with Gasteiger partial charge in [0.05, 0.1) is 0 Å². The van der Waals surface area contributed by atoms with Crippen molar-refractivity contribution in [1.29, 1.82) is 0 Å². The highest BCUT2D eigenvalue weighted by Crippen LogP contribution is 2.11. The highest BCUT2D eigenvalue weighted by Gasteiger charge is 2.11. The first-order valence-corrected chi connectivity index (χ1v) is 6.22. The first-order chi connectivity index (χ1) is 7.86. The minimum absolute atomic E-state index is 0.627. The van der Waals surface area contributed by atoms with E-state index in [0.717, 1.165) is 26.2 Å². The van der Waals surface area contributed by atoms with E-state index in [1.54, 1.807) is 0 Å². The Labute approximate surface area is 98.0 Å². The highest BCUT2D eigenvalue weighted by atomic mass is 16.5. The molecule has 16 heavy (non-hydrogen) atoms. The van der Waals surface area contributed by atoms with Gasteiger partial charge in [0.1, 0.15) is 0 Å².